The van der Waals surface area contributed by atoms with E-state index in [1.54, 1.807) is 19.7 Å². The summed E-state index contributed by atoms with van der Waals surface area (Å²) >= 11 is 0. The van der Waals surface area contributed by atoms with Crippen LogP contribution in [0, 0.1) is 0 Å². The number of hydrogen-bond donors (Lipinski definition) is 2. The monoisotopic (exact) mass is 330 g/mol. The molecule has 0 bridgehead atoms. The Balaban J connectivity index is 1.69. The van der Waals surface area contributed by atoms with Crippen molar-refractivity contribution in [3.63, 3.8) is 0 Å². The first kappa shape index (κ1) is 17.8. The van der Waals surface area contributed by atoms with Gasteiger partial charge in [0.2, 0.25) is 0 Å². The summed E-state index contributed by atoms with van der Waals surface area (Å²) in [7, 11) is 1.78. The van der Waals surface area contributed by atoms with E-state index in [-0.39, 0.29) is 0 Å². The fourth-order valence-electron chi connectivity index (χ4n) is 2.31. The van der Waals surface area contributed by atoms with Gasteiger partial charge in [0.25, 0.3) is 0 Å². The summed E-state index contributed by atoms with van der Waals surface area (Å²) in [5.41, 5.74) is 1.12. The number of para-hydroxylation sites is 1. The third-order valence-electron chi connectivity index (χ3n) is 3.54. The number of nitrogens with one attached hydrogen (secondary N) is 2. The van der Waals surface area contributed by atoms with E-state index < -0.39 is 0 Å². The van der Waals surface area contributed by atoms with E-state index in [9.17, 15) is 0 Å². The lowest BCUT2D eigenvalue weighted by Crippen LogP contribution is -2.37. The summed E-state index contributed by atoms with van der Waals surface area (Å²) in [6, 6.07) is 8.05. The Morgan fingerprint density at radius 3 is 2.71 bits per heavy atom. The minimum Gasteiger partial charge on any atom is -0.494 e. The van der Waals surface area contributed by atoms with Crippen LogP contribution in [0.4, 0.5) is 0 Å². The number of nitrogens with zero attached hydrogens (tertiary/aromatic N) is 4. The molecule has 0 aliphatic rings. The zero-order chi connectivity index (χ0) is 17.0. The van der Waals surface area contributed by atoms with Crippen LogP contribution in [-0.4, -0.2) is 40.9 Å². The molecule has 7 heteroatoms. The quantitative estimate of drug-likeness (QED) is 0.417. The molecule has 130 valence electrons. The largest absolute Gasteiger partial charge is 0.494 e. The van der Waals surface area contributed by atoms with Crippen molar-refractivity contribution in [1.29, 1.82) is 0 Å². The smallest absolute Gasteiger partial charge is 0.191 e. The van der Waals surface area contributed by atoms with Gasteiger partial charge in [-0.25, -0.2) is 0 Å². The van der Waals surface area contributed by atoms with Crippen molar-refractivity contribution in [3.05, 3.63) is 42.5 Å². The molecular formula is C17H26N6O. The van der Waals surface area contributed by atoms with Crippen molar-refractivity contribution in [1.82, 2.24) is 25.4 Å². The molecular weight excluding hydrogens is 304 g/mol. The van der Waals surface area contributed by atoms with Gasteiger partial charge in [0, 0.05) is 32.2 Å². The minimum atomic E-state index is 0.663. The van der Waals surface area contributed by atoms with E-state index in [1.165, 1.54) is 0 Å². The Bertz CT molecular complexity index is 611. The molecule has 0 atom stereocenters. The van der Waals surface area contributed by atoms with Crippen molar-refractivity contribution in [2.75, 3.05) is 20.2 Å². The maximum atomic E-state index is 5.64. The van der Waals surface area contributed by atoms with E-state index in [4.69, 9.17) is 4.74 Å². The standard InChI is InChI=1S/C17H26N6O/c1-3-24-16-9-5-4-8-15(16)12-20-17(18-2)19-10-6-7-11-23-13-21-22-14-23/h4-5,8-9,13-14H,3,6-7,10-12H2,1-2H3,(H2,18,19,20). The number of hydrogen-bond acceptors (Lipinski definition) is 4. The fourth-order valence-corrected chi connectivity index (χ4v) is 2.31. The zero-order valence-electron chi connectivity index (χ0n) is 14.4. The maximum absolute atomic E-state index is 5.64. The summed E-state index contributed by atoms with van der Waals surface area (Å²) < 4.78 is 7.62. The molecule has 0 aliphatic heterocycles. The summed E-state index contributed by atoms with van der Waals surface area (Å²) in [5.74, 6) is 1.71. The first-order valence-electron chi connectivity index (χ1n) is 8.31. The average Bonchev–Trinajstić information content (AvgIpc) is 3.12. The van der Waals surface area contributed by atoms with Gasteiger partial charge < -0.3 is 19.9 Å². The first-order valence-corrected chi connectivity index (χ1v) is 8.31. The van der Waals surface area contributed by atoms with Gasteiger partial charge in [-0.2, -0.15) is 0 Å². The van der Waals surface area contributed by atoms with Crippen LogP contribution in [0.3, 0.4) is 0 Å². The van der Waals surface area contributed by atoms with Gasteiger partial charge >= 0.3 is 0 Å². The summed E-state index contributed by atoms with van der Waals surface area (Å²) in [4.78, 5) is 4.25. The van der Waals surface area contributed by atoms with E-state index in [2.05, 4.69) is 31.9 Å². The highest BCUT2D eigenvalue weighted by atomic mass is 16.5. The molecule has 0 saturated heterocycles. The normalized spacial score (nSPS) is 11.3. The zero-order valence-corrected chi connectivity index (χ0v) is 14.4. The number of ether oxygens (including phenoxy) is 1. The Kier molecular flexibility index (Phi) is 7.59. The highest BCUT2D eigenvalue weighted by Crippen LogP contribution is 2.17. The molecule has 0 saturated carbocycles. The van der Waals surface area contributed by atoms with Crippen LogP contribution in [-0.2, 0) is 13.1 Å². The lowest BCUT2D eigenvalue weighted by molar-refractivity contribution is 0.336. The highest BCUT2D eigenvalue weighted by Gasteiger charge is 2.03. The van der Waals surface area contributed by atoms with E-state index >= 15 is 0 Å². The summed E-state index contributed by atoms with van der Waals surface area (Å²) in [6.45, 7) is 5.13. The van der Waals surface area contributed by atoms with Crippen LogP contribution in [0.1, 0.15) is 25.3 Å². The summed E-state index contributed by atoms with van der Waals surface area (Å²) in [5, 5.41) is 14.2. The van der Waals surface area contributed by atoms with Crippen molar-refractivity contribution >= 4 is 5.96 Å². The first-order chi connectivity index (χ1) is 11.8. The van der Waals surface area contributed by atoms with Gasteiger partial charge in [-0.05, 0) is 25.8 Å². The molecule has 0 aliphatic carbocycles. The second kappa shape index (κ2) is 10.3. The van der Waals surface area contributed by atoms with E-state index in [0.29, 0.717) is 13.2 Å². The average molecular weight is 330 g/mol. The van der Waals surface area contributed by atoms with Crippen LogP contribution in [0.2, 0.25) is 0 Å². The molecule has 24 heavy (non-hydrogen) atoms. The van der Waals surface area contributed by atoms with Gasteiger partial charge in [0.15, 0.2) is 5.96 Å². The van der Waals surface area contributed by atoms with Crippen molar-refractivity contribution in [3.8, 4) is 5.75 Å². The van der Waals surface area contributed by atoms with Crippen molar-refractivity contribution in [2.45, 2.75) is 32.9 Å². The van der Waals surface area contributed by atoms with E-state index in [1.807, 2.05) is 29.7 Å². The molecule has 1 aromatic carbocycles. The molecule has 2 rings (SSSR count). The molecule has 2 N–H and O–H groups in total. The van der Waals surface area contributed by atoms with Gasteiger partial charge in [-0.15, -0.1) is 10.2 Å². The number of benzene rings is 1. The number of unbranched alkanes of at least 4 members (excludes halogenated alkanes) is 1. The molecule has 7 nitrogen and oxygen atoms in total. The van der Waals surface area contributed by atoms with Crippen LogP contribution in [0.15, 0.2) is 41.9 Å². The second-order valence-corrected chi connectivity index (χ2v) is 5.30. The minimum absolute atomic E-state index is 0.663. The van der Waals surface area contributed by atoms with Gasteiger partial charge in [-0.1, -0.05) is 18.2 Å². The second-order valence-electron chi connectivity index (χ2n) is 5.30. The number of aliphatic imine (C=N–C) groups is 1. The maximum Gasteiger partial charge on any atom is 0.191 e. The molecule has 0 fully saturated rings. The Hall–Kier alpha value is -2.57. The lowest BCUT2D eigenvalue weighted by Gasteiger charge is -2.14. The van der Waals surface area contributed by atoms with Crippen LogP contribution >= 0.6 is 0 Å². The third kappa shape index (κ3) is 5.91. The Morgan fingerprint density at radius 2 is 1.96 bits per heavy atom. The molecule has 0 amide bonds. The highest BCUT2D eigenvalue weighted by molar-refractivity contribution is 5.79. The number of aryl methyl sites for hydroxylation is 1. The van der Waals surface area contributed by atoms with Crippen molar-refractivity contribution < 1.29 is 4.74 Å². The van der Waals surface area contributed by atoms with Crippen LogP contribution < -0.4 is 15.4 Å². The predicted octanol–water partition coefficient (Wildman–Crippen LogP) is 1.82. The van der Waals surface area contributed by atoms with Crippen molar-refractivity contribution in [2.24, 2.45) is 4.99 Å². The molecule has 0 spiro atoms. The molecule has 1 aromatic heterocycles. The third-order valence-corrected chi connectivity index (χ3v) is 3.54. The molecule has 0 radical (unpaired) electrons. The lowest BCUT2D eigenvalue weighted by atomic mass is 10.2. The Morgan fingerprint density at radius 1 is 1.17 bits per heavy atom. The van der Waals surface area contributed by atoms with Gasteiger partial charge in [-0.3, -0.25) is 4.99 Å². The predicted molar refractivity (Wildman–Crippen MR) is 95.1 cm³/mol. The molecule has 2 aromatic rings. The topological polar surface area (TPSA) is 76.4 Å². The van der Waals surface area contributed by atoms with E-state index in [0.717, 1.165) is 43.2 Å². The SMILES string of the molecule is CCOc1ccccc1CNC(=NC)NCCCCn1cnnc1. The molecule has 0 unspecified atom stereocenters. The number of guanidine groups is 1. The Labute approximate surface area is 143 Å². The van der Waals surface area contributed by atoms with Crippen LogP contribution in [0.25, 0.3) is 0 Å². The number of rotatable bonds is 9. The summed E-state index contributed by atoms with van der Waals surface area (Å²) in [6.07, 6.45) is 5.59. The number of aromatic nitrogens is 3. The fraction of sp³-hybridized carbons (Fsp3) is 0.471. The molecule has 1 heterocycles. The van der Waals surface area contributed by atoms with Gasteiger partial charge in [0.1, 0.15) is 18.4 Å². The van der Waals surface area contributed by atoms with Gasteiger partial charge in [0.05, 0.1) is 6.61 Å². The van der Waals surface area contributed by atoms with Crippen LogP contribution in [0.5, 0.6) is 5.75 Å².